The van der Waals surface area contributed by atoms with Crippen LogP contribution in [0.4, 0.5) is 0 Å². The summed E-state index contributed by atoms with van der Waals surface area (Å²) in [4.78, 5) is 5.09. The van der Waals surface area contributed by atoms with Crippen LogP contribution in [0.25, 0.3) is 0 Å². The zero-order valence-corrected chi connectivity index (χ0v) is 12.0. The molecule has 3 aliphatic rings. The van der Waals surface area contributed by atoms with Crippen LogP contribution in [-0.2, 0) is 9.84 Å². The molecule has 3 aliphatic heterocycles. The molecule has 0 aliphatic carbocycles. The van der Waals surface area contributed by atoms with Gasteiger partial charge in [-0.15, -0.1) is 0 Å². The van der Waals surface area contributed by atoms with Crippen molar-refractivity contribution >= 4 is 9.84 Å². The Hall–Kier alpha value is -0.130. The van der Waals surface area contributed by atoms with Crippen molar-refractivity contribution in [2.45, 2.75) is 50.7 Å². The van der Waals surface area contributed by atoms with Gasteiger partial charge in [-0.1, -0.05) is 0 Å². The SMILES string of the molecule is CC1CN2CCCC2CN1C1CCCS(=O)(=O)C1. The maximum absolute atomic E-state index is 11.8. The maximum Gasteiger partial charge on any atom is 0.151 e. The van der Waals surface area contributed by atoms with Crippen LogP contribution in [-0.4, -0.2) is 67.5 Å². The lowest BCUT2D eigenvalue weighted by Gasteiger charge is -2.46. The third kappa shape index (κ3) is 2.45. The van der Waals surface area contributed by atoms with E-state index >= 15 is 0 Å². The molecule has 5 heteroatoms. The Balaban J connectivity index is 1.71. The highest BCUT2D eigenvalue weighted by atomic mass is 32.2. The van der Waals surface area contributed by atoms with Crippen LogP contribution in [0.1, 0.15) is 32.6 Å². The van der Waals surface area contributed by atoms with Crippen LogP contribution in [0, 0.1) is 0 Å². The Labute approximate surface area is 110 Å². The molecule has 0 radical (unpaired) electrons. The topological polar surface area (TPSA) is 40.6 Å². The second kappa shape index (κ2) is 4.76. The van der Waals surface area contributed by atoms with Gasteiger partial charge in [0.2, 0.25) is 0 Å². The quantitative estimate of drug-likeness (QED) is 0.706. The van der Waals surface area contributed by atoms with Gasteiger partial charge in [0.15, 0.2) is 9.84 Å². The fourth-order valence-corrected chi connectivity index (χ4v) is 5.70. The molecule has 0 bridgehead atoms. The molecule has 4 nitrogen and oxygen atoms in total. The third-order valence-corrected chi connectivity index (χ3v) is 6.70. The molecule has 0 aromatic heterocycles. The molecule has 0 spiro atoms. The minimum atomic E-state index is -2.78. The van der Waals surface area contributed by atoms with E-state index in [1.807, 2.05) is 0 Å². The van der Waals surface area contributed by atoms with Crippen molar-refractivity contribution in [1.29, 1.82) is 0 Å². The van der Waals surface area contributed by atoms with E-state index in [-0.39, 0.29) is 6.04 Å². The Morgan fingerprint density at radius 1 is 1.06 bits per heavy atom. The van der Waals surface area contributed by atoms with Crippen molar-refractivity contribution in [3.8, 4) is 0 Å². The van der Waals surface area contributed by atoms with Gasteiger partial charge in [0.05, 0.1) is 11.5 Å². The average Bonchev–Trinajstić information content (AvgIpc) is 2.73. The predicted molar refractivity (Wildman–Crippen MR) is 72.4 cm³/mol. The molecule has 0 N–H and O–H groups in total. The van der Waals surface area contributed by atoms with E-state index in [9.17, 15) is 8.42 Å². The number of fused-ring (bicyclic) bond motifs is 1. The fraction of sp³-hybridized carbons (Fsp3) is 1.00. The van der Waals surface area contributed by atoms with Crippen LogP contribution in [0.2, 0.25) is 0 Å². The lowest BCUT2D eigenvalue weighted by atomic mass is 10.0. The molecule has 3 heterocycles. The highest BCUT2D eigenvalue weighted by Crippen LogP contribution is 2.28. The highest BCUT2D eigenvalue weighted by Gasteiger charge is 2.39. The maximum atomic E-state index is 11.8. The first kappa shape index (κ1) is 12.9. The summed E-state index contributed by atoms with van der Waals surface area (Å²) in [7, 11) is -2.78. The Morgan fingerprint density at radius 3 is 2.61 bits per heavy atom. The Morgan fingerprint density at radius 2 is 1.83 bits per heavy atom. The van der Waals surface area contributed by atoms with Crippen LogP contribution in [0.15, 0.2) is 0 Å². The van der Waals surface area contributed by atoms with Crippen LogP contribution in [0.3, 0.4) is 0 Å². The summed E-state index contributed by atoms with van der Waals surface area (Å²) in [6, 6.07) is 1.48. The molecule has 0 saturated carbocycles. The van der Waals surface area contributed by atoms with Gasteiger partial charge in [-0.25, -0.2) is 8.42 Å². The van der Waals surface area contributed by atoms with E-state index in [2.05, 4.69) is 16.7 Å². The average molecular weight is 272 g/mol. The van der Waals surface area contributed by atoms with Gasteiger partial charge in [0, 0.05) is 31.2 Å². The molecule has 3 atom stereocenters. The van der Waals surface area contributed by atoms with Crippen molar-refractivity contribution in [2.75, 3.05) is 31.1 Å². The standard InChI is InChI=1S/C13H24N2O2S/c1-11-8-14-6-2-4-12(14)9-15(11)13-5-3-7-18(16,17)10-13/h11-13H,2-10H2,1H3. The zero-order valence-electron chi connectivity index (χ0n) is 11.2. The molecule has 3 fully saturated rings. The van der Waals surface area contributed by atoms with E-state index in [0.29, 0.717) is 23.6 Å². The van der Waals surface area contributed by atoms with E-state index in [0.717, 1.165) is 25.9 Å². The zero-order chi connectivity index (χ0) is 12.8. The number of hydrogen-bond donors (Lipinski definition) is 0. The lowest BCUT2D eigenvalue weighted by molar-refractivity contribution is 0.0304. The number of nitrogens with zero attached hydrogens (tertiary/aromatic N) is 2. The second-order valence-electron chi connectivity index (χ2n) is 6.25. The summed E-state index contributed by atoms with van der Waals surface area (Å²) >= 11 is 0. The van der Waals surface area contributed by atoms with Crippen LogP contribution >= 0.6 is 0 Å². The van der Waals surface area contributed by atoms with Gasteiger partial charge in [0.1, 0.15) is 0 Å². The van der Waals surface area contributed by atoms with E-state index in [1.54, 1.807) is 0 Å². The van der Waals surface area contributed by atoms with Gasteiger partial charge in [-0.3, -0.25) is 9.80 Å². The smallest absolute Gasteiger partial charge is 0.151 e. The van der Waals surface area contributed by atoms with Gasteiger partial charge in [0.25, 0.3) is 0 Å². The molecule has 0 aromatic rings. The summed E-state index contributed by atoms with van der Waals surface area (Å²) < 4.78 is 23.6. The monoisotopic (exact) mass is 272 g/mol. The first-order chi connectivity index (χ1) is 8.55. The molecule has 3 rings (SSSR count). The van der Waals surface area contributed by atoms with Gasteiger partial charge in [-0.05, 0) is 39.2 Å². The van der Waals surface area contributed by atoms with Crippen LogP contribution < -0.4 is 0 Å². The lowest BCUT2D eigenvalue weighted by Crippen LogP contribution is -2.59. The molecular weight excluding hydrogens is 248 g/mol. The molecular formula is C13H24N2O2S. The first-order valence-corrected chi connectivity index (χ1v) is 9.07. The molecule has 18 heavy (non-hydrogen) atoms. The number of sulfone groups is 1. The molecule has 0 aromatic carbocycles. The van der Waals surface area contributed by atoms with E-state index in [1.165, 1.54) is 19.4 Å². The predicted octanol–water partition coefficient (Wildman–Crippen LogP) is 0.732. The number of piperazine rings is 1. The normalized spacial score (nSPS) is 41.7. The summed E-state index contributed by atoms with van der Waals surface area (Å²) in [5.41, 5.74) is 0. The fourth-order valence-electron chi connectivity index (χ4n) is 3.98. The second-order valence-corrected chi connectivity index (χ2v) is 8.48. The number of rotatable bonds is 1. The van der Waals surface area contributed by atoms with Crippen molar-refractivity contribution in [2.24, 2.45) is 0 Å². The molecule has 0 amide bonds. The Bertz CT molecular complexity index is 409. The molecule has 3 unspecified atom stereocenters. The summed E-state index contributed by atoms with van der Waals surface area (Å²) in [5.74, 6) is 0.797. The molecule has 3 saturated heterocycles. The summed E-state index contributed by atoms with van der Waals surface area (Å²) in [6.45, 7) is 5.71. The van der Waals surface area contributed by atoms with E-state index < -0.39 is 9.84 Å². The minimum Gasteiger partial charge on any atom is -0.298 e. The van der Waals surface area contributed by atoms with Gasteiger partial charge < -0.3 is 0 Å². The van der Waals surface area contributed by atoms with E-state index in [4.69, 9.17) is 0 Å². The van der Waals surface area contributed by atoms with Crippen molar-refractivity contribution < 1.29 is 8.42 Å². The van der Waals surface area contributed by atoms with Crippen molar-refractivity contribution in [3.63, 3.8) is 0 Å². The molecule has 104 valence electrons. The first-order valence-electron chi connectivity index (χ1n) is 7.25. The highest BCUT2D eigenvalue weighted by molar-refractivity contribution is 7.91. The Kier molecular flexibility index (Phi) is 3.41. The van der Waals surface area contributed by atoms with Crippen molar-refractivity contribution in [3.05, 3.63) is 0 Å². The third-order valence-electron chi connectivity index (χ3n) is 4.89. The van der Waals surface area contributed by atoms with Gasteiger partial charge >= 0.3 is 0 Å². The summed E-state index contributed by atoms with van der Waals surface area (Å²) in [5, 5.41) is 0. The number of hydrogen-bond acceptors (Lipinski definition) is 4. The van der Waals surface area contributed by atoms with Gasteiger partial charge in [-0.2, -0.15) is 0 Å². The van der Waals surface area contributed by atoms with Crippen molar-refractivity contribution in [1.82, 2.24) is 9.80 Å². The largest absolute Gasteiger partial charge is 0.298 e. The summed E-state index contributed by atoms with van der Waals surface area (Å²) in [6.07, 6.45) is 4.53. The minimum absolute atomic E-state index is 0.279. The van der Waals surface area contributed by atoms with Crippen LogP contribution in [0.5, 0.6) is 0 Å².